The van der Waals surface area contributed by atoms with E-state index in [1.54, 1.807) is 12.1 Å². The van der Waals surface area contributed by atoms with Gasteiger partial charge in [-0.2, -0.15) is 0 Å². The van der Waals surface area contributed by atoms with E-state index in [9.17, 15) is 0 Å². The molecule has 0 aromatic heterocycles. The van der Waals surface area contributed by atoms with E-state index in [4.69, 9.17) is 2.74 Å². The third-order valence-electron chi connectivity index (χ3n) is 1.04. The highest BCUT2D eigenvalue weighted by atomic mass is 13.9. The Hall–Kier alpha value is -1.04. The molecule has 0 radical (unpaired) electrons. The summed E-state index contributed by atoms with van der Waals surface area (Å²) in [5.74, 6) is 0. The van der Waals surface area contributed by atoms with E-state index in [-0.39, 0.29) is 0 Å². The molecule has 0 aliphatic carbocycles. The summed E-state index contributed by atoms with van der Waals surface area (Å²) in [5.41, 5.74) is 0.648. The van der Waals surface area contributed by atoms with Crippen LogP contribution in [0.4, 0.5) is 0 Å². The molecule has 0 heteroatoms. The zero-order valence-corrected chi connectivity index (χ0v) is 5.17. The van der Waals surface area contributed by atoms with E-state index in [0.717, 1.165) is 0 Å². The second-order valence-corrected chi connectivity index (χ2v) is 1.71. The maximum absolute atomic E-state index is 7.46. The monoisotopic (exact) mass is 120 g/mol. The van der Waals surface area contributed by atoms with Crippen molar-refractivity contribution in [3.05, 3.63) is 48.6 Å². The molecule has 0 saturated carbocycles. The lowest BCUT2D eigenvalue weighted by molar-refractivity contribution is 1.28. The third-order valence-corrected chi connectivity index (χ3v) is 1.04. The lowest BCUT2D eigenvalue weighted by Crippen LogP contribution is -1.75. The normalized spacial score (nSPS) is 13.8. The highest BCUT2D eigenvalue weighted by molar-refractivity contribution is 5.16. The van der Waals surface area contributed by atoms with Gasteiger partial charge in [0.25, 0.3) is 0 Å². The van der Waals surface area contributed by atoms with Crippen molar-refractivity contribution in [2.24, 2.45) is 0 Å². The van der Waals surface area contributed by atoms with E-state index < -0.39 is 6.37 Å². The van der Waals surface area contributed by atoms with Crippen LogP contribution in [0.15, 0.2) is 43.0 Å². The summed E-state index contributed by atoms with van der Waals surface area (Å²) >= 11 is 0. The average Bonchev–Trinajstić information content (AvgIpc) is 2.06. The summed E-state index contributed by atoms with van der Waals surface area (Å²) in [6.45, 7) is 3.43. The molecule has 46 valence electrons. The fourth-order valence-electron chi connectivity index (χ4n) is 0.652. The Labute approximate surface area is 58.6 Å². The molecule has 1 aromatic carbocycles. The summed E-state index contributed by atoms with van der Waals surface area (Å²) in [5, 5.41) is 0. The largest absolute Gasteiger partial charge is 0.103 e. The van der Waals surface area contributed by atoms with Crippen molar-refractivity contribution in [3.8, 4) is 0 Å². The summed E-state index contributed by atoms with van der Waals surface area (Å²) < 4.78 is 14.9. The number of allylic oxidation sites excluding steroid dienone is 1. The van der Waals surface area contributed by atoms with Gasteiger partial charge in [0.05, 0.1) is 0 Å². The maximum Gasteiger partial charge on any atom is 0.0359 e. The van der Waals surface area contributed by atoms with Crippen molar-refractivity contribution >= 4 is 0 Å². The van der Waals surface area contributed by atoms with Gasteiger partial charge in [0.15, 0.2) is 0 Å². The molecule has 0 spiro atoms. The van der Waals surface area contributed by atoms with Crippen LogP contribution in [0.2, 0.25) is 0 Å². The fourth-order valence-corrected chi connectivity index (χ4v) is 0.652. The molecule has 0 nitrogen and oxygen atoms in total. The first-order chi connectivity index (χ1) is 5.17. The van der Waals surface area contributed by atoms with Crippen molar-refractivity contribution in [1.82, 2.24) is 0 Å². The third kappa shape index (κ3) is 1.73. The molecule has 0 aliphatic heterocycles. The zero-order valence-electron chi connectivity index (χ0n) is 7.17. The first-order valence-electron chi connectivity index (χ1n) is 3.86. The predicted molar refractivity (Wildman–Crippen MR) is 40.3 cm³/mol. The Kier molecular flexibility index (Phi) is 1.33. The quantitative estimate of drug-likeness (QED) is 0.526. The van der Waals surface area contributed by atoms with Crippen LogP contribution < -0.4 is 0 Å². The highest BCUT2D eigenvalue weighted by Crippen LogP contribution is 1.98. The highest BCUT2D eigenvalue weighted by Gasteiger charge is 1.82. The average molecular weight is 120 g/mol. The first-order valence-corrected chi connectivity index (χ1v) is 2.86. The Morgan fingerprint density at radius 1 is 1.44 bits per heavy atom. The molecule has 1 aromatic rings. The number of rotatable bonds is 2. The lowest BCUT2D eigenvalue weighted by atomic mass is 10.2. The Morgan fingerprint density at radius 2 is 2.11 bits per heavy atom. The number of benzene rings is 1. The van der Waals surface area contributed by atoms with Crippen molar-refractivity contribution < 1.29 is 2.74 Å². The fraction of sp³-hybridized carbons (Fsp3) is 0.111. The molecule has 0 saturated heterocycles. The lowest BCUT2D eigenvalue weighted by Gasteiger charge is -1.91. The van der Waals surface area contributed by atoms with Gasteiger partial charge in [0, 0.05) is 2.74 Å². The summed E-state index contributed by atoms with van der Waals surface area (Å²) in [4.78, 5) is 0. The van der Waals surface area contributed by atoms with Gasteiger partial charge < -0.3 is 0 Å². The predicted octanol–water partition coefficient (Wildman–Crippen LogP) is 2.42. The first kappa shape index (κ1) is 3.89. The van der Waals surface area contributed by atoms with E-state index in [2.05, 4.69) is 6.58 Å². The Morgan fingerprint density at radius 3 is 2.67 bits per heavy atom. The molecule has 0 fully saturated rings. The minimum Gasteiger partial charge on any atom is -0.103 e. The van der Waals surface area contributed by atoms with Crippen molar-refractivity contribution in [1.29, 1.82) is 0 Å². The number of hydrogen-bond donors (Lipinski definition) is 0. The van der Waals surface area contributed by atoms with Crippen LogP contribution in [0.3, 0.4) is 0 Å². The minimum atomic E-state index is -1.40. The molecule has 0 atom stereocenters. The second kappa shape index (κ2) is 3.08. The Bertz CT molecular complexity index is 239. The van der Waals surface area contributed by atoms with E-state index in [0.29, 0.717) is 5.56 Å². The van der Waals surface area contributed by atoms with Gasteiger partial charge in [-0.05, 0) is 11.9 Å². The topological polar surface area (TPSA) is 0 Å². The SMILES string of the molecule is [2H]C([2H])(C=C)c1ccccc1. The van der Waals surface area contributed by atoms with Gasteiger partial charge in [0.1, 0.15) is 0 Å². The van der Waals surface area contributed by atoms with Gasteiger partial charge in [-0.25, -0.2) is 0 Å². The van der Waals surface area contributed by atoms with Gasteiger partial charge in [0.2, 0.25) is 0 Å². The van der Waals surface area contributed by atoms with Crippen LogP contribution in [0.25, 0.3) is 0 Å². The smallest absolute Gasteiger partial charge is 0.0359 e. The van der Waals surface area contributed by atoms with Gasteiger partial charge in [-0.15, -0.1) is 6.58 Å². The van der Waals surface area contributed by atoms with Crippen molar-refractivity contribution in [2.45, 2.75) is 6.37 Å². The van der Waals surface area contributed by atoms with Crippen LogP contribution in [-0.4, -0.2) is 0 Å². The summed E-state index contributed by atoms with van der Waals surface area (Å²) in [6, 6.07) is 9.00. The zero-order chi connectivity index (χ0) is 8.32. The van der Waals surface area contributed by atoms with Crippen LogP contribution in [-0.2, 0) is 6.37 Å². The molecular weight excluding hydrogens is 108 g/mol. The summed E-state index contributed by atoms with van der Waals surface area (Å²) in [7, 11) is 0. The molecule has 0 bridgehead atoms. The molecule has 0 amide bonds. The standard InChI is InChI=1S/C9H10/c1-2-6-9-7-4-3-5-8-9/h2-5,7-8H,1,6H2/i6D2. The van der Waals surface area contributed by atoms with Crippen molar-refractivity contribution in [3.63, 3.8) is 0 Å². The van der Waals surface area contributed by atoms with Crippen LogP contribution in [0.5, 0.6) is 0 Å². The van der Waals surface area contributed by atoms with E-state index in [1.165, 1.54) is 6.08 Å². The van der Waals surface area contributed by atoms with Gasteiger partial charge >= 0.3 is 0 Å². The molecular formula is C9H10. The minimum absolute atomic E-state index is 0.648. The molecule has 0 unspecified atom stereocenters. The summed E-state index contributed by atoms with van der Waals surface area (Å²) in [6.07, 6.45) is -0.0937. The molecule has 0 aliphatic rings. The molecule has 9 heavy (non-hydrogen) atoms. The maximum atomic E-state index is 7.46. The van der Waals surface area contributed by atoms with Crippen LogP contribution >= 0.6 is 0 Å². The van der Waals surface area contributed by atoms with Gasteiger partial charge in [-0.3, -0.25) is 0 Å². The van der Waals surface area contributed by atoms with Crippen LogP contribution in [0, 0.1) is 0 Å². The van der Waals surface area contributed by atoms with Crippen LogP contribution in [0.1, 0.15) is 8.30 Å². The second-order valence-electron chi connectivity index (χ2n) is 1.71. The number of hydrogen-bond acceptors (Lipinski definition) is 0. The van der Waals surface area contributed by atoms with E-state index >= 15 is 0 Å². The van der Waals surface area contributed by atoms with Gasteiger partial charge in [-0.1, -0.05) is 36.4 Å². The molecule has 0 heterocycles. The molecule has 1 rings (SSSR count). The molecule has 0 N–H and O–H groups in total. The van der Waals surface area contributed by atoms with Crippen molar-refractivity contribution in [2.75, 3.05) is 0 Å². The Balaban J connectivity index is 3.02. The van der Waals surface area contributed by atoms with E-state index in [1.807, 2.05) is 18.2 Å².